The number of fused-ring (bicyclic) bond motifs is 1. The minimum absolute atomic E-state index is 0.225. The Hall–Kier alpha value is -2.23. The lowest BCUT2D eigenvalue weighted by atomic mass is 10.1. The van der Waals surface area contributed by atoms with Crippen LogP contribution in [0.25, 0.3) is 0 Å². The second-order valence-corrected chi connectivity index (χ2v) is 4.78. The zero-order valence-electron chi connectivity index (χ0n) is 11.7. The van der Waals surface area contributed by atoms with Gasteiger partial charge in [0, 0.05) is 12.5 Å². The Kier molecular flexibility index (Phi) is 4.45. The second-order valence-electron chi connectivity index (χ2n) is 4.78. The molecule has 0 aromatic heterocycles. The van der Waals surface area contributed by atoms with E-state index in [1.54, 1.807) is 6.08 Å². The van der Waals surface area contributed by atoms with Gasteiger partial charge in [-0.15, -0.1) is 6.58 Å². The lowest BCUT2D eigenvalue weighted by Crippen LogP contribution is -2.09. The summed E-state index contributed by atoms with van der Waals surface area (Å²) in [7, 11) is 0. The van der Waals surface area contributed by atoms with Crippen LogP contribution in [0, 0.1) is 0 Å². The Bertz CT molecular complexity index is 541. The van der Waals surface area contributed by atoms with Crippen LogP contribution in [0.4, 0.5) is 0 Å². The van der Waals surface area contributed by atoms with Crippen molar-refractivity contribution in [1.82, 2.24) is 0 Å². The van der Waals surface area contributed by atoms with E-state index in [1.807, 2.05) is 32.0 Å². The van der Waals surface area contributed by atoms with Gasteiger partial charge in [0.05, 0.1) is 0 Å². The Morgan fingerprint density at radius 3 is 2.85 bits per heavy atom. The molecule has 1 aliphatic rings. The van der Waals surface area contributed by atoms with E-state index in [0.717, 1.165) is 11.1 Å². The van der Waals surface area contributed by atoms with E-state index in [2.05, 4.69) is 6.58 Å². The highest BCUT2D eigenvalue weighted by Gasteiger charge is 2.19. The quantitative estimate of drug-likeness (QED) is 0.468. The number of hydrogen-bond donors (Lipinski definition) is 0. The maximum Gasteiger partial charge on any atom is 0.331 e. The molecule has 0 bridgehead atoms. The SMILES string of the molecule is C=CC[C@@H](OC(=O)C=C(C)C)c1ccc2c(c1)OCO2. The molecular formula is C16H18O4. The minimum atomic E-state index is -0.370. The van der Waals surface area contributed by atoms with Crippen molar-refractivity contribution in [3.8, 4) is 11.5 Å². The first-order valence-electron chi connectivity index (χ1n) is 6.46. The maximum atomic E-state index is 11.8. The van der Waals surface area contributed by atoms with Gasteiger partial charge >= 0.3 is 5.97 Å². The molecule has 1 aliphatic heterocycles. The van der Waals surface area contributed by atoms with Crippen LogP contribution in [0.2, 0.25) is 0 Å². The predicted molar refractivity (Wildman–Crippen MR) is 75.6 cm³/mol. The summed E-state index contributed by atoms with van der Waals surface area (Å²) in [5.74, 6) is 1.03. The molecule has 4 nitrogen and oxygen atoms in total. The van der Waals surface area contributed by atoms with Crippen LogP contribution >= 0.6 is 0 Å². The molecule has 0 fully saturated rings. The molecule has 0 aliphatic carbocycles. The molecule has 4 heteroatoms. The Morgan fingerprint density at radius 1 is 1.40 bits per heavy atom. The van der Waals surface area contributed by atoms with Crippen molar-refractivity contribution in [2.75, 3.05) is 6.79 Å². The summed E-state index contributed by atoms with van der Waals surface area (Å²) in [5, 5.41) is 0. The van der Waals surface area contributed by atoms with E-state index in [4.69, 9.17) is 14.2 Å². The first-order chi connectivity index (χ1) is 9.60. The van der Waals surface area contributed by atoms with Gasteiger partial charge in [0.2, 0.25) is 6.79 Å². The fraction of sp³-hybridized carbons (Fsp3) is 0.312. The van der Waals surface area contributed by atoms with Crippen molar-refractivity contribution in [3.05, 3.63) is 48.1 Å². The molecule has 20 heavy (non-hydrogen) atoms. The Morgan fingerprint density at radius 2 is 2.15 bits per heavy atom. The molecule has 0 unspecified atom stereocenters. The van der Waals surface area contributed by atoms with E-state index in [0.29, 0.717) is 17.9 Å². The monoisotopic (exact) mass is 274 g/mol. The van der Waals surface area contributed by atoms with Crippen LogP contribution < -0.4 is 9.47 Å². The fourth-order valence-electron chi connectivity index (χ4n) is 1.93. The van der Waals surface area contributed by atoms with Gasteiger partial charge < -0.3 is 14.2 Å². The first kappa shape index (κ1) is 14.2. The van der Waals surface area contributed by atoms with E-state index >= 15 is 0 Å². The third-order valence-corrected chi connectivity index (χ3v) is 2.81. The first-order valence-corrected chi connectivity index (χ1v) is 6.46. The molecule has 0 saturated carbocycles. The minimum Gasteiger partial charge on any atom is -0.454 e. The van der Waals surface area contributed by atoms with Crippen LogP contribution in [-0.2, 0) is 9.53 Å². The maximum absolute atomic E-state index is 11.8. The lowest BCUT2D eigenvalue weighted by Gasteiger charge is -2.16. The van der Waals surface area contributed by atoms with Gasteiger partial charge in [0.1, 0.15) is 6.10 Å². The molecule has 0 saturated heterocycles. The molecule has 1 aromatic rings. The normalized spacial score (nSPS) is 13.5. The van der Waals surface area contributed by atoms with E-state index in [9.17, 15) is 4.79 Å². The van der Waals surface area contributed by atoms with Gasteiger partial charge in [-0.2, -0.15) is 0 Å². The largest absolute Gasteiger partial charge is 0.454 e. The van der Waals surface area contributed by atoms with Gasteiger partial charge in [-0.3, -0.25) is 0 Å². The zero-order chi connectivity index (χ0) is 14.5. The Balaban J connectivity index is 2.18. The second kappa shape index (κ2) is 6.28. The summed E-state index contributed by atoms with van der Waals surface area (Å²) in [4.78, 5) is 11.8. The van der Waals surface area contributed by atoms with Crippen molar-refractivity contribution in [3.63, 3.8) is 0 Å². The van der Waals surface area contributed by atoms with E-state index in [-0.39, 0.29) is 18.9 Å². The van der Waals surface area contributed by atoms with Crippen LogP contribution in [-0.4, -0.2) is 12.8 Å². The summed E-state index contributed by atoms with van der Waals surface area (Å²) in [6.45, 7) is 7.63. The van der Waals surface area contributed by atoms with Crippen molar-refractivity contribution >= 4 is 5.97 Å². The molecule has 0 spiro atoms. The molecule has 1 atom stereocenters. The van der Waals surface area contributed by atoms with E-state index in [1.165, 1.54) is 6.08 Å². The molecule has 2 rings (SSSR count). The number of ether oxygens (including phenoxy) is 3. The number of hydrogen-bond acceptors (Lipinski definition) is 4. The van der Waals surface area contributed by atoms with E-state index < -0.39 is 0 Å². The van der Waals surface area contributed by atoms with Gasteiger partial charge in [0.15, 0.2) is 11.5 Å². The third-order valence-electron chi connectivity index (χ3n) is 2.81. The zero-order valence-corrected chi connectivity index (χ0v) is 11.7. The molecule has 0 amide bonds. The molecule has 106 valence electrons. The van der Waals surface area contributed by atoms with Crippen molar-refractivity contribution in [2.24, 2.45) is 0 Å². The number of benzene rings is 1. The highest BCUT2D eigenvalue weighted by molar-refractivity contribution is 5.82. The molecule has 0 N–H and O–H groups in total. The standard InChI is InChI=1S/C16H18O4/c1-4-5-13(20-16(17)8-11(2)3)12-6-7-14-15(9-12)19-10-18-14/h4,6-9,13H,1,5,10H2,2-3H3/t13-/m1/s1. The van der Waals surface area contributed by atoms with Gasteiger partial charge in [0.25, 0.3) is 0 Å². The van der Waals surface area contributed by atoms with Crippen molar-refractivity contribution in [2.45, 2.75) is 26.4 Å². The average Bonchev–Trinajstić information content (AvgIpc) is 2.84. The van der Waals surface area contributed by atoms with Crippen molar-refractivity contribution < 1.29 is 19.0 Å². The predicted octanol–water partition coefficient (Wildman–Crippen LogP) is 3.54. The molecule has 1 aromatic carbocycles. The summed E-state index contributed by atoms with van der Waals surface area (Å²) < 4.78 is 16.1. The summed E-state index contributed by atoms with van der Waals surface area (Å²) in [6, 6.07) is 5.53. The highest BCUT2D eigenvalue weighted by atomic mass is 16.7. The summed E-state index contributed by atoms with van der Waals surface area (Å²) in [6.07, 6.45) is 3.38. The third kappa shape index (κ3) is 3.41. The Labute approximate surface area is 118 Å². The van der Waals surface area contributed by atoms with Crippen LogP contribution in [0.5, 0.6) is 11.5 Å². The number of carbonyl (C=O) groups is 1. The topological polar surface area (TPSA) is 44.8 Å². The molecular weight excluding hydrogens is 256 g/mol. The number of esters is 1. The van der Waals surface area contributed by atoms with Crippen molar-refractivity contribution in [1.29, 1.82) is 0 Å². The van der Waals surface area contributed by atoms with Crippen LogP contribution in [0.15, 0.2) is 42.5 Å². The molecule has 0 radical (unpaired) electrons. The fourth-order valence-corrected chi connectivity index (χ4v) is 1.93. The number of allylic oxidation sites excluding steroid dienone is 1. The summed E-state index contributed by atoms with van der Waals surface area (Å²) in [5.41, 5.74) is 1.77. The van der Waals surface area contributed by atoms with Crippen LogP contribution in [0.1, 0.15) is 31.9 Å². The van der Waals surface area contributed by atoms with Gasteiger partial charge in [-0.1, -0.05) is 17.7 Å². The summed E-state index contributed by atoms with van der Waals surface area (Å²) >= 11 is 0. The molecule has 1 heterocycles. The smallest absolute Gasteiger partial charge is 0.331 e. The number of carbonyl (C=O) groups excluding carboxylic acids is 1. The number of rotatable bonds is 5. The van der Waals surface area contributed by atoms with Gasteiger partial charge in [-0.25, -0.2) is 4.79 Å². The van der Waals surface area contributed by atoms with Gasteiger partial charge in [-0.05, 0) is 31.5 Å². The average molecular weight is 274 g/mol. The highest BCUT2D eigenvalue weighted by Crippen LogP contribution is 2.35. The van der Waals surface area contributed by atoms with Crippen LogP contribution in [0.3, 0.4) is 0 Å². The lowest BCUT2D eigenvalue weighted by molar-refractivity contribution is -0.143.